The molecule has 2 atom stereocenters. The number of aryl methyl sites for hydroxylation is 2. The molecule has 1 fully saturated rings. The van der Waals surface area contributed by atoms with Crippen LogP contribution in [0.5, 0.6) is 0 Å². The van der Waals surface area contributed by atoms with Gasteiger partial charge in [-0.15, -0.1) is 0 Å². The number of ether oxygens (including phenoxy) is 1. The predicted octanol–water partition coefficient (Wildman–Crippen LogP) is 1.88. The van der Waals surface area contributed by atoms with Crippen molar-refractivity contribution in [1.29, 1.82) is 0 Å². The minimum absolute atomic E-state index is 0.273. The van der Waals surface area contributed by atoms with Gasteiger partial charge in [0.15, 0.2) is 5.65 Å². The van der Waals surface area contributed by atoms with Gasteiger partial charge < -0.3 is 10.5 Å². The maximum atomic E-state index is 6.14. The van der Waals surface area contributed by atoms with Crippen LogP contribution in [0, 0.1) is 6.92 Å². The Kier molecular flexibility index (Phi) is 2.97. The van der Waals surface area contributed by atoms with Crippen molar-refractivity contribution < 1.29 is 4.74 Å². The minimum atomic E-state index is 0.273. The van der Waals surface area contributed by atoms with E-state index >= 15 is 0 Å². The molecule has 0 bridgehead atoms. The maximum absolute atomic E-state index is 6.14. The van der Waals surface area contributed by atoms with E-state index in [-0.39, 0.29) is 6.10 Å². The van der Waals surface area contributed by atoms with Crippen LogP contribution in [0.3, 0.4) is 0 Å². The Labute approximate surface area is 112 Å². The third kappa shape index (κ3) is 1.90. The summed E-state index contributed by atoms with van der Waals surface area (Å²) in [6.07, 6.45) is 2.23. The number of nitrogens with zero attached hydrogens (tertiary/aromatic N) is 4. The van der Waals surface area contributed by atoms with Gasteiger partial charge >= 0.3 is 0 Å². The molecule has 19 heavy (non-hydrogen) atoms. The van der Waals surface area contributed by atoms with E-state index in [1.54, 1.807) is 0 Å². The average Bonchev–Trinajstić information content (AvgIpc) is 2.86. The number of nitrogens with two attached hydrogens (primary N) is 1. The van der Waals surface area contributed by atoms with E-state index in [9.17, 15) is 0 Å². The van der Waals surface area contributed by atoms with Gasteiger partial charge in [0.25, 0.3) is 0 Å². The van der Waals surface area contributed by atoms with Crippen molar-refractivity contribution in [3.05, 3.63) is 5.69 Å². The molecular weight excluding hydrogens is 242 g/mol. The minimum Gasteiger partial charge on any atom is -0.378 e. The lowest BCUT2D eigenvalue weighted by Crippen LogP contribution is -2.26. The van der Waals surface area contributed by atoms with Gasteiger partial charge in [0.05, 0.1) is 11.8 Å². The molecule has 3 rings (SSSR count). The van der Waals surface area contributed by atoms with Crippen LogP contribution in [-0.2, 0) is 11.3 Å². The van der Waals surface area contributed by atoms with Crippen molar-refractivity contribution in [3.8, 4) is 0 Å². The van der Waals surface area contributed by atoms with Gasteiger partial charge in [-0.25, -0.2) is 9.67 Å². The monoisotopic (exact) mass is 263 g/mol. The molecule has 0 aromatic carbocycles. The highest BCUT2D eigenvalue weighted by atomic mass is 16.5. The summed E-state index contributed by atoms with van der Waals surface area (Å²) in [5, 5.41) is 4.53. The predicted molar refractivity (Wildman–Crippen MR) is 74.0 cm³/mol. The quantitative estimate of drug-likeness (QED) is 0.898. The number of nitrogen functional groups attached to an aromatic ring is 1. The van der Waals surface area contributed by atoms with Gasteiger partial charge in [-0.2, -0.15) is 5.10 Å². The Morgan fingerprint density at radius 1 is 1.47 bits per heavy atom. The fourth-order valence-electron chi connectivity index (χ4n) is 3.00. The van der Waals surface area contributed by atoms with Crippen LogP contribution in [0.2, 0.25) is 0 Å². The average molecular weight is 263 g/mol. The smallest absolute Gasteiger partial charge is 0.202 e. The van der Waals surface area contributed by atoms with Crippen LogP contribution in [0.25, 0.3) is 11.2 Å². The second-order valence-electron chi connectivity index (χ2n) is 5.27. The van der Waals surface area contributed by atoms with E-state index in [4.69, 9.17) is 10.5 Å². The van der Waals surface area contributed by atoms with Crippen LogP contribution in [-0.4, -0.2) is 32.0 Å². The molecule has 0 radical (unpaired) electrons. The highest BCUT2D eigenvalue weighted by molar-refractivity contribution is 5.77. The highest BCUT2D eigenvalue weighted by Gasteiger charge is 2.26. The largest absolute Gasteiger partial charge is 0.378 e. The van der Waals surface area contributed by atoms with E-state index in [2.05, 4.69) is 28.5 Å². The second-order valence-corrected chi connectivity index (χ2v) is 5.27. The molecule has 2 N–H and O–H groups in total. The summed E-state index contributed by atoms with van der Waals surface area (Å²) in [5.41, 5.74) is 9.06. The van der Waals surface area contributed by atoms with Gasteiger partial charge in [-0.1, -0.05) is 0 Å². The SMILES string of the molecule is CCn1nc(C)c2nc(N)n(C3CCOC(C)C3)c21. The first-order valence-corrected chi connectivity index (χ1v) is 6.94. The third-order valence-electron chi connectivity index (χ3n) is 3.89. The molecular formula is C13H21N5O. The molecule has 1 saturated heterocycles. The van der Waals surface area contributed by atoms with Crippen molar-refractivity contribution in [1.82, 2.24) is 19.3 Å². The van der Waals surface area contributed by atoms with Crippen LogP contribution in [0.4, 0.5) is 5.95 Å². The zero-order valence-corrected chi connectivity index (χ0v) is 11.8. The Morgan fingerprint density at radius 2 is 2.26 bits per heavy atom. The van der Waals surface area contributed by atoms with Gasteiger partial charge in [0.1, 0.15) is 5.52 Å². The molecule has 2 unspecified atom stereocenters. The van der Waals surface area contributed by atoms with Gasteiger partial charge in [-0.05, 0) is 33.6 Å². The Balaban J connectivity index is 2.13. The lowest BCUT2D eigenvalue weighted by Gasteiger charge is -2.29. The fourth-order valence-corrected chi connectivity index (χ4v) is 3.00. The highest BCUT2D eigenvalue weighted by Crippen LogP contribution is 2.32. The summed E-state index contributed by atoms with van der Waals surface area (Å²) in [5.74, 6) is 0.594. The number of hydrogen-bond donors (Lipinski definition) is 1. The Hall–Kier alpha value is -1.56. The zero-order chi connectivity index (χ0) is 13.6. The fraction of sp³-hybridized carbons (Fsp3) is 0.692. The second kappa shape index (κ2) is 4.52. The van der Waals surface area contributed by atoms with Crippen LogP contribution < -0.4 is 5.73 Å². The molecule has 2 aromatic heterocycles. The Morgan fingerprint density at radius 3 is 2.95 bits per heavy atom. The summed E-state index contributed by atoms with van der Waals surface area (Å²) >= 11 is 0. The number of fused-ring (bicyclic) bond motifs is 1. The number of aromatic nitrogens is 4. The molecule has 0 aliphatic carbocycles. The van der Waals surface area contributed by atoms with Crippen LogP contribution in [0.1, 0.15) is 38.4 Å². The molecule has 2 aromatic rings. The van der Waals surface area contributed by atoms with Gasteiger partial charge in [-0.3, -0.25) is 4.57 Å². The summed E-state index contributed by atoms with van der Waals surface area (Å²) in [7, 11) is 0. The standard InChI is InChI=1S/C13H21N5O/c1-4-17-12-11(9(3)16-17)15-13(14)18(12)10-5-6-19-8(2)7-10/h8,10H,4-7H2,1-3H3,(H2,14,15). The third-order valence-corrected chi connectivity index (χ3v) is 3.89. The van der Waals surface area contributed by atoms with Crippen molar-refractivity contribution in [2.45, 2.75) is 52.3 Å². The molecule has 6 heteroatoms. The molecule has 3 heterocycles. The van der Waals surface area contributed by atoms with Gasteiger partial charge in [0, 0.05) is 19.2 Å². The maximum Gasteiger partial charge on any atom is 0.202 e. The van der Waals surface area contributed by atoms with E-state index in [0.717, 1.165) is 42.9 Å². The zero-order valence-electron chi connectivity index (χ0n) is 11.8. The summed E-state index contributed by atoms with van der Waals surface area (Å²) in [6, 6.07) is 0.357. The summed E-state index contributed by atoms with van der Waals surface area (Å²) < 4.78 is 9.77. The molecule has 0 spiro atoms. The van der Waals surface area contributed by atoms with Gasteiger partial charge in [0.2, 0.25) is 5.95 Å². The van der Waals surface area contributed by atoms with Crippen LogP contribution in [0.15, 0.2) is 0 Å². The van der Waals surface area contributed by atoms with E-state index in [0.29, 0.717) is 12.0 Å². The first-order chi connectivity index (χ1) is 9.11. The Bertz CT molecular complexity index is 600. The van der Waals surface area contributed by atoms with Crippen molar-refractivity contribution in [2.75, 3.05) is 12.3 Å². The van der Waals surface area contributed by atoms with Crippen molar-refractivity contribution >= 4 is 17.1 Å². The van der Waals surface area contributed by atoms with E-state index in [1.165, 1.54) is 0 Å². The summed E-state index contributed by atoms with van der Waals surface area (Å²) in [4.78, 5) is 4.50. The number of rotatable bonds is 2. The number of hydrogen-bond acceptors (Lipinski definition) is 4. The normalized spacial score (nSPS) is 24.2. The van der Waals surface area contributed by atoms with E-state index in [1.807, 2.05) is 11.6 Å². The summed E-state index contributed by atoms with van der Waals surface area (Å²) in [6.45, 7) is 7.79. The molecule has 0 amide bonds. The molecule has 6 nitrogen and oxygen atoms in total. The number of imidazole rings is 1. The molecule has 1 aliphatic heterocycles. The lowest BCUT2D eigenvalue weighted by molar-refractivity contribution is 0.00693. The topological polar surface area (TPSA) is 70.9 Å². The van der Waals surface area contributed by atoms with Crippen LogP contribution >= 0.6 is 0 Å². The first-order valence-electron chi connectivity index (χ1n) is 6.94. The molecule has 1 aliphatic rings. The van der Waals surface area contributed by atoms with Crippen molar-refractivity contribution in [3.63, 3.8) is 0 Å². The van der Waals surface area contributed by atoms with Crippen molar-refractivity contribution in [2.24, 2.45) is 0 Å². The lowest BCUT2D eigenvalue weighted by atomic mass is 10.0. The number of anilines is 1. The molecule has 104 valence electrons. The first kappa shape index (κ1) is 12.5. The molecule has 0 saturated carbocycles. The van der Waals surface area contributed by atoms with E-state index < -0.39 is 0 Å².